The number of halogens is 3. The average Bonchev–Trinajstić information content (AvgIpc) is 2.88. The number of aromatic nitrogens is 2. The Kier molecular flexibility index (Phi) is 11.0. The van der Waals surface area contributed by atoms with Crippen LogP contribution in [-0.2, 0) is 12.6 Å². The minimum absolute atomic E-state index is 0.0733. The number of nitrogens with one attached hydrogen (secondary N) is 2. The van der Waals surface area contributed by atoms with Crippen molar-refractivity contribution in [3.05, 3.63) is 65.9 Å². The van der Waals surface area contributed by atoms with Crippen molar-refractivity contribution >= 4 is 23.1 Å². The number of hydrogen-bond acceptors (Lipinski definition) is 5. The van der Waals surface area contributed by atoms with E-state index in [4.69, 9.17) is 4.74 Å². The molecule has 8 heteroatoms. The molecular weight excluding hydrogens is 477 g/mol. The summed E-state index contributed by atoms with van der Waals surface area (Å²) in [5.74, 6) is 0.537. The molecule has 0 unspecified atom stereocenters. The number of unbranched alkanes of at least 4 members (excludes halogenated alkanes) is 6. The number of hydrogen-bond donors (Lipinski definition) is 2. The lowest BCUT2D eigenvalue weighted by Crippen LogP contribution is -2.13. The van der Waals surface area contributed by atoms with Gasteiger partial charge in [-0.05, 0) is 55.2 Å². The summed E-state index contributed by atoms with van der Waals surface area (Å²) >= 11 is 0. The van der Waals surface area contributed by atoms with E-state index in [9.17, 15) is 13.2 Å². The van der Waals surface area contributed by atoms with E-state index in [1.54, 1.807) is 24.3 Å². The van der Waals surface area contributed by atoms with Gasteiger partial charge in [0.25, 0.3) is 0 Å². The summed E-state index contributed by atoms with van der Waals surface area (Å²) in [5, 5.41) is 5.93. The van der Waals surface area contributed by atoms with Crippen LogP contribution in [0.15, 0.2) is 54.7 Å². The molecule has 0 amide bonds. The van der Waals surface area contributed by atoms with Crippen LogP contribution in [0.1, 0.15) is 76.3 Å². The van der Waals surface area contributed by atoms with Crippen molar-refractivity contribution in [2.75, 3.05) is 17.2 Å². The third-order valence-corrected chi connectivity index (χ3v) is 6.04. The number of para-hydroxylation sites is 1. The summed E-state index contributed by atoms with van der Waals surface area (Å²) < 4.78 is 47.0. The maximum Gasteiger partial charge on any atom is 0.421 e. The first-order valence-electron chi connectivity index (χ1n) is 13.2. The molecular formula is C29H37F3N4O. The fourth-order valence-corrected chi connectivity index (χ4v) is 3.96. The van der Waals surface area contributed by atoms with Gasteiger partial charge in [0, 0.05) is 17.6 Å². The Morgan fingerprint density at radius 2 is 1.51 bits per heavy atom. The first kappa shape index (κ1) is 28.3. The van der Waals surface area contributed by atoms with Crippen LogP contribution in [0.2, 0.25) is 0 Å². The number of alkyl halides is 3. The van der Waals surface area contributed by atoms with E-state index in [1.807, 2.05) is 24.3 Å². The lowest BCUT2D eigenvalue weighted by molar-refractivity contribution is -0.137. The van der Waals surface area contributed by atoms with E-state index >= 15 is 0 Å². The maximum atomic E-state index is 13.8. The number of anilines is 4. The Balaban J connectivity index is 1.72. The fourth-order valence-electron chi connectivity index (χ4n) is 3.96. The second-order valence-electron chi connectivity index (χ2n) is 9.10. The Hall–Kier alpha value is -3.29. The second kappa shape index (κ2) is 14.4. The van der Waals surface area contributed by atoms with Crippen LogP contribution >= 0.6 is 0 Å². The number of nitrogens with zero attached hydrogens (tertiary/aromatic N) is 2. The molecule has 0 aliphatic carbocycles. The molecule has 2 N–H and O–H groups in total. The average molecular weight is 515 g/mol. The lowest BCUT2D eigenvalue weighted by atomic mass is 10.0. The predicted octanol–water partition coefficient (Wildman–Crippen LogP) is 9.06. The third-order valence-electron chi connectivity index (χ3n) is 6.04. The van der Waals surface area contributed by atoms with Gasteiger partial charge in [-0.25, -0.2) is 4.98 Å². The van der Waals surface area contributed by atoms with Gasteiger partial charge in [0.1, 0.15) is 17.1 Å². The number of benzene rings is 2. The van der Waals surface area contributed by atoms with Crippen LogP contribution in [0.5, 0.6) is 5.75 Å². The highest BCUT2D eigenvalue weighted by Gasteiger charge is 2.35. The molecule has 0 aliphatic heterocycles. The summed E-state index contributed by atoms with van der Waals surface area (Å²) in [7, 11) is 0. The zero-order valence-electron chi connectivity index (χ0n) is 21.7. The molecule has 0 fully saturated rings. The molecule has 3 aromatic rings. The van der Waals surface area contributed by atoms with Crippen molar-refractivity contribution in [2.45, 2.75) is 77.8 Å². The van der Waals surface area contributed by atoms with Crippen molar-refractivity contribution < 1.29 is 17.9 Å². The van der Waals surface area contributed by atoms with Crippen LogP contribution in [0.25, 0.3) is 0 Å². The van der Waals surface area contributed by atoms with Gasteiger partial charge < -0.3 is 15.4 Å². The summed E-state index contributed by atoms with van der Waals surface area (Å²) in [6.45, 7) is 4.97. The molecule has 0 aliphatic rings. The fraction of sp³-hybridized carbons (Fsp3) is 0.448. The first-order valence-corrected chi connectivity index (χ1v) is 13.2. The van der Waals surface area contributed by atoms with Crippen molar-refractivity contribution in [1.82, 2.24) is 9.97 Å². The predicted molar refractivity (Wildman–Crippen MR) is 144 cm³/mol. The highest BCUT2D eigenvalue weighted by atomic mass is 19.4. The molecule has 1 aromatic heterocycles. The van der Waals surface area contributed by atoms with Crippen molar-refractivity contribution in [3.63, 3.8) is 0 Å². The minimum Gasteiger partial charge on any atom is -0.494 e. The lowest BCUT2D eigenvalue weighted by Gasteiger charge is -2.17. The van der Waals surface area contributed by atoms with E-state index in [-0.39, 0.29) is 11.8 Å². The zero-order valence-corrected chi connectivity index (χ0v) is 21.7. The van der Waals surface area contributed by atoms with Gasteiger partial charge in [-0.3, -0.25) is 0 Å². The highest BCUT2D eigenvalue weighted by molar-refractivity contribution is 5.65. The van der Waals surface area contributed by atoms with Crippen molar-refractivity contribution in [2.24, 2.45) is 0 Å². The highest BCUT2D eigenvalue weighted by Crippen LogP contribution is 2.36. The molecule has 200 valence electrons. The molecule has 0 saturated carbocycles. The van der Waals surface area contributed by atoms with Crippen LogP contribution in [0.4, 0.5) is 36.3 Å². The van der Waals surface area contributed by atoms with E-state index in [2.05, 4.69) is 34.4 Å². The standard InChI is InChI=1S/C29H37F3N4O/c1-3-5-7-9-13-22-14-10-11-15-26(22)35-27-25(29(30,31)32)21-33-28(36-27)34-23-16-18-24(19-17-23)37-20-12-8-6-4-2/h10-11,14-19,21H,3-9,12-13,20H2,1-2H3,(H2,33,34,35,36). The van der Waals surface area contributed by atoms with E-state index in [0.29, 0.717) is 18.0 Å². The number of aryl methyl sites for hydroxylation is 1. The molecule has 37 heavy (non-hydrogen) atoms. The van der Waals surface area contributed by atoms with E-state index in [0.717, 1.165) is 62.5 Å². The van der Waals surface area contributed by atoms with Crippen LogP contribution < -0.4 is 15.4 Å². The van der Waals surface area contributed by atoms with Gasteiger partial charge in [0.05, 0.1) is 6.61 Å². The Morgan fingerprint density at radius 1 is 0.811 bits per heavy atom. The van der Waals surface area contributed by atoms with Crippen LogP contribution in [0, 0.1) is 0 Å². The van der Waals surface area contributed by atoms with Gasteiger partial charge >= 0.3 is 6.18 Å². The smallest absolute Gasteiger partial charge is 0.421 e. The summed E-state index contributed by atoms with van der Waals surface area (Å²) in [5.41, 5.74) is 1.32. The largest absolute Gasteiger partial charge is 0.494 e. The normalized spacial score (nSPS) is 11.4. The van der Waals surface area contributed by atoms with Gasteiger partial charge in [-0.15, -0.1) is 0 Å². The molecule has 0 radical (unpaired) electrons. The van der Waals surface area contributed by atoms with E-state index < -0.39 is 11.7 Å². The van der Waals surface area contributed by atoms with Crippen LogP contribution in [0.3, 0.4) is 0 Å². The van der Waals surface area contributed by atoms with Crippen LogP contribution in [-0.4, -0.2) is 16.6 Å². The quantitative estimate of drug-likeness (QED) is 0.198. The molecule has 3 rings (SSSR count). The number of ether oxygens (including phenoxy) is 1. The maximum absolute atomic E-state index is 13.8. The molecule has 0 spiro atoms. The monoisotopic (exact) mass is 514 g/mol. The summed E-state index contributed by atoms with van der Waals surface area (Å²) in [4.78, 5) is 8.12. The third kappa shape index (κ3) is 9.26. The SMILES string of the molecule is CCCCCCOc1ccc(Nc2ncc(C(F)(F)F)c(Nc3ccccc3CCCCCC)n2)cc1. The Bertz CT molecular complexity index is 1090. The van der Waals surface area contributed by atoms with Gasteiger partial charge in [0.15, 0.2) is 0 Å². The molecule has 0 bridgehead atoms. The Labute approximate surface area is 217 Å². The van der Waals surface area contributed by atoms with Crippen molar-refractivity contribution in [3.8, 4) is 5.75 Å². The first-order chi connectivity index (χ1) is 17.9. The van der Waals surface area contributed by atoms with Gasteiger partial charge in [-0.2, -0.15) is 18.2 Å². The molecule has 5 nitrogen and oxygen atoms in total. The van der Waals surface area contributed by atoms with E-state index in [1.165, 1.54) is 12.8 Å². The molecule has 0 saturated heterocycles. The van der Waals surface area contributed by atoms with Gasteiger partial charge in [0.2, 0.25) is 5.95 Å². The summed E-state index contributed by atoms with van der Waals surface area (Å²) in [6, 6.07) is 14.7. The van der Waals surface area contributed by atoms with Gasteiger partial charge in [-0.1, -0.05) is 70.6 Å². The topological polar surface area (TPSA) is 59.1 Å². The minimum atomic E-state index is -4.59. The Morgan fingerprint density at radius 3 is 2.22 bits per heavy atom. The second-order valence-corrected chi connectivity index (χ2v) is 9.10. The molecule has 2 aromatic carbocycles. The summed E-state index contributed by atoms with van der Waals surface area (Å²) in [6.07, 6.45) is 5.86. The number of rotatable bonds is 15. The van der Waals surface area contributed by atoms with Crippen molar-refractivity contribution in [1.29, 1.82) is 0 Å². The zero-order chi connectivity index (χ0) is 26.5. The molecule has 0 atom stereocenters. The molecule has 1 heterocycles.